The topological polar surface area (TPSA) is 29.9 Å². The maximum atomic E-state index is 4.32. The molecule has 0 fully saturated rings. The van der Waals surface area contributed by atoms with Crippen molar-refractivity contribution in [1.82, 2.24) is 15.1 Å². The standard InChI is InChI=1S/C13H23N3/c1-10(2)7-14-8-11(3)6-13-9-16(5)15-12(13)4/h6,9-10,14H,7-8H2,1-5H3. The van der Waals surface area contributed by atoms with Gasteiger partial charge in [0.25, 0.3) is 0 Å². The highest BCUT2D eigenvalue weighted by Gasteiger charge is 2.00. The van der Waals surface area contributed by atoms with Gasteiger partial charge in [0.05, 0.1) is 5.69 Å². The van der Waals surface area contributed by atoms with E-state index in [9.17, 15) is 0 Å². The molecule has 1 heterocycles. The van der Waals surface area contributed by atoms with E-state index in [1.807, 2.05) is 18.7 Å². The molecule has 0 saturated heterocycles. The summed E-state index contributed by atoms with van der Waals surface area (Å²) in [4.78, 5) is 0. The van der Waals surface area contributed by atoms with Crippen molar-refractivity contribution in [3.05, 3.63) is 23.0 Å². The third-order valence-electron chi connectivity index (χ3n) is 2.41. The van der Waals surface area contributed by atoms with E-state index in [-0.39, 0.29) is 0 Å². The number of rotatable bonds is 5. The molecule has 0 aliphatic heterocycles. The number of nitrogens with one attached hydrogen (secondary N) is 1. The van der Waals surface area contributed by atoms with Gasteiger partial charge < -0.3 is 5.32 Å². The summed E-state index contributed by atoms with van der Waals surface area (Å²) in [6.07, 6.45) is 4.26. The molecule has 1 rings (SSSR count). The van der Waals surface area contributed by atoms with Crippen molar-refractivity contribution in [2.75, 3.05) is 13.1 Å². The van der Waals surface area contributed by atoms with E-state index in [1.165, 1.54) is 11.1 Å². The van der Waals surface area contributed by atoms with Crippen molar-refractivity contribution in [1.29, 1.82) is 0 Å². The molecule has 0 unspecified atom stereocenters. The third-order valence-corrected chi connectivity index (χ3v) is 2.41. The Kier molecular flexibility index (Phi) is 4.74. The molecule has 0 atom stereocenters. The predicted molar refractivity (Wildman–Crippen MR) is 69.3 cm³/mol. The van der Waals surface area contributed by atoms with Crippen LogP contribution < -0.4 is 5.32 Å². The second-order valence-electron chi connectivity index (χ2n) is 4.86. The van der Waals surface area contributed by atoms with Crippen LogP contribution in [0.4, 0.5) is 0 Å². The average molecular weight is 221 g/mol. The first-order chi connectivity index (χ1) is 7.49. The van der Waals surface area contributed by atoms with Gasteiger partial charge in [-0.1, -0.05) is 25.5 Å². The van der Waals surface area contributed by atoms with Crippen LogP contribution in [-0.4, -0.2) is 22.9 Å². The van der Waals surface area contributed by atoms with Gasteiger partial charge in [0.2, 0.25) is 0 Å². The molecule has 0 radical (unpaired) electrons. The van der Waals surface area contributed by atoms with Gasteiger partial charge in [0.15, 0.2) is 0 Å². The Balaban J connectivity index is 2.53. The Hall–Kier alpha value is -1.09. The summed E-state index contributed by atoms with van der Waals surface area (Å²) < 4.78 is 1.86. The Bertz CT molecular complexity index is 361. The number of aryl methyl sites for hydroxylation is 2. The molecule has 0 bridgehead atoms. The fourth-order valence-corrected chi connectivity index (χ4v) is 1.63. The van der Waals surface area contributed by atoms with Crippen LogP contribution in [0.2, 0.25) is 0 Å². The van der Waals surface area contributed by atoms with Crippen LogP contribution >= 0.6 is 0 Å². The van der Waals surface area contributed by atoms with Crippen LogP contribution in [-0.2, 0) is 7.05 Å². The highest BCUT2D eigenvalue weighted by molar-refractivity contribution is 5.53. The molecule has 3 nitrogen and oxygen atoms in total. The summed E-state index contributed by atoms with van der Waals surface area (Å²) in [5.74, 6) is 0.702. The smallest absolute Gasteiger partial charge is 0.0665 e. The normalized spacial score (nSPS) is 12.5. The van der Waals surface area contributed by atoms with Crippen LogP contribution in [0.5, 0.6) is 0 Å². The summed E-state index contributed by atoms with van der Waals surface area (Å²) in [6, 6.07) is 0. The fraction of sp³-hybridized carbons (Fsp3) is 0.615. The summed E-state index contributed by atoms with van der Waals surface area (Å²) >= 11 is 0. The number of hydrogen-bond acceptors (Lipinski definition) is 2. The highest BCUT2D eigenvalue weighted by atomic mass is 15.2. The molecular weight excluding hydrogens is 198 g/mol. The zero-order valence-corrected chi connectivity index (χ0v) is 11.0. The molecule has 90 valence electrons. The van der Waals surface area contributed by atoms with Crippen molar-refractivity contribution in [2.45, 2.75) is 27.7 Å². The summed E-state index contributed by atoms with van der Waals surface area (Å²) in [5, 5.41) is 7.76. The van der Waals surface area contributed by atoms with Gasteiger partial charge in [0, 0.05) is 25.4 Å². The van der Waals surface area contributed by atoms with Crippen LogP contribution in [0.15, 0.2) is 11.8 Å². The molecule has 1 N–H and O–H groups in total. The minimum absolute atomic E-state index is 0.702. The lowest BCUT2D eigenvalue weighted by atomic mass is 10.1. The molecule has 0 amide bonds. The molecule has 0 aromatic carbocycles. The maximum absolute atomic E-state index is 4.32. The largest absolute Gasteiger partial charge is 0.313 e. The minimum atomic E-state index is 0.702. The van der Waals surface area contributed by atoms with Gasteiger partial charge in [-0.05, 0) is 26.3 Å². The van der Waals surface area contributed by atoms with E-state index in [0.717, 1.165) is 18.8 Å². The summed E-state index contributed by atoms with van der Waals surface area (Å²) in [7, 11) is 1.96. The van der Waals surface area contributed by atoms with Crippen molar-refractivity contribution in [2.24, 2.45) is 13.0 Å². The lowest BCUT2D eigenvalue weighted by Crippen LogP contribution is -2.21. The van der Waals surface area contributed by atoms with Crippen molar-refractivity contribution in [3.63, 3.8) is 0 Å². The summed E-state index contributed by atoms with van der Waals surface area (Å²) in [5.41, 5.74) is 3.65. The second-order valence-corrected chi connectivity index (χ2v) is 4.86. The van der Waals surface area contributed by atoms with E-state index in [2.05, 4.69) is 43.5 Å². The molecule has 1 aromatic heterocycles. The average Bonchev–Trinajstić information content (AvgIpc) is 2.44. The van der Waals surface area contributed by atoms with E-state index in [1.54, 1.807) is 0 Å². The second kappa shape index (κ2) is 5.85. The van der Waals surface area contributed by atoms with Crippen molar-refractivity contribution >= 4 is 6.08 Å². The number of aromatic nitrogens is 2. The van der Waals surface area contributed by atoms with Gasteiger partial charge in [0.1, 0.15) is 0 Å². The van der Waals surface area contributed by atoms with Gasteiger partial charge in [-0.25, -0.2) is 0 Å². The third kappa shape index (κ3) is 4.19. The monoisotopic (exact) mass is 221 g/mol. The number of hydrogen-bond donors (Lipinski definition) is 1. The van der Waals surface area contributed by atoms with Crippen LogP contribution in [0.25, 0.3) is 6.08 Å². The molecule has 0 aliphatic rings. The number of nitrogens with zero attached hydrogens (tertiary/aromatic N) is 2. The van der Waals surface area contributed by atoms with Gasteiger partial charge in [-0.15, -0.1) is 0 Å². The van der Waals surface area contributed by atoms with E-state index in [4.69, 9.17) is 0 Å². The van der Waals surface area contributed by atoms with Gasteiger partial charge >= 0.3 is 0 Å². The molecule has 0 aliphatic carbocycles. The predicted octanol–water partition coefficient (Wildman–Crippen LogP) is 2.38. The lowest BCUT2D eigenvalue weighted by molar-refractivity contribution is 0.572. The van der Waals surface area contributed by atoms with Crippen molar-refractivity contribution in [3.8, 4) is 0 Å². The van der Waals surface area contributed by atoms with Crippen molar-refractivity contribution < 1.29 is 0 Å². The Morgan fingerprint density at radius 1 is 1.56 bits per heavy atom. The molecule has 0 spiro atoms. The van der Waals surface area contributed by atoms with E-state index >= 15 is 0 Å². The van der Waals surface area contributed by atoms with E-state index < -0.39 is 0 Å². The maximum Gasteiger partial charge on any atom is 0.0665 e. The Morgan fingerprint density at radius 2 is 2.25 bits per heavy atom. The molecular formula is C13H23N3. The highest BCUT2D eigenvalue weighted by Crippen LogP contribution is 2.09. The zero-order chi connectivity index (χ0) is 12.1. The van der Waals surface area contributed by atoms with Gasteiger partial charge in [-0.2, -0.15) is 5.10 Å². The van der Waals surface area contributed by atoms with Crippen LogP contribution in [0.3, 0.4) is 0 Å². The van der Waals surface area contributed by atoms with Crippen LogP contribution in [0, 0.1) is 12.8 Å². The quantitative estimate of drug-likeness (QED) is 0.827. The lowest BCUT2D eigenvalue weighted by Gasteiger charge is -2.07. The minimum Gasteiger partial charge on any atom is -0.313 e. The van der Waals surface area contributed by atoms with E-state index in [0.29, 0.717) is 5.92 Å². The first-order valence-electron chi connectivity index (χ1n) is 5.87. The molecule has 0 saturated carbocycles. The molecule has 16 heavy (non-hydrogen) atoms. The zero-order valence-electron chi connectivity index (χ0n) is 11.0. The Morgan fingerprint density at radius 3 is 2.75 bits per heavy atom. The van der Waals surface area contributed by atoms with Crippen LogP contribution in [0.1, 0.15) is 32.0 Å². The summed E-state index contributed by atoms with van der Waals surface area (Å²) in [6.45, 7) is 10.7. The molecule has 3 heteroatoms. The SMILES string of the molecule is CC(=Cc1cn(C)nc1C)CNCC(C)C. The van der Waals surface area contributed by atoms with Gasteiger partial charge in [-0.3, -0.25) is 4.68 Å². The fourth-order valence-electron chi connectivity index (χ4n) is 1.63. The molecule has 1 aromatic rings. The first-order valence-corrected chi connectivity index (χ1v) is 5.87. The Labute approximate surface area is 98.5 Å². The first kappa shape index (κ1) is 13.0.